The molecule has 1 amide bonds. The van der Waals surface area contributed by atoms with Crippen LogP contribution in [-0.4, -0.2) is 22.1 Å². The van der Waals surface area contributed by atoms with Crippen molar-refractivity contribution in [1.82, 2.24) is 5.16 Å². The third kappa shape index (κ3) is 3.00. The Balaban J connectivity index is 2.20. The minimum absolute atomic E-state index is 0.127. The molecule has 1 heterocycles. The highest BCUT2D eigenvalue weighted by Gasteiger charge is 2.13. The Bertz CT molecular complexity index is 651. The summed E-state index contributed by atoms with van der Waals surface area (Å²) in [5.74, 6) is -0.934. The number of hydrogen-bond acceptors (Lipinski definition) is 4. The molecule has 0 saturated carbocycles. The lowest BCUT2D eigenvalue weighted by Gasteiger charge is -2.06. The molecule has 98 valence electrons. The lowest BCUT2D eigenvalue weighted by molar-refractivity contribution is 0.0696. The minimum Gasteiger partial charge on any atom is -0.478 e. The molecular formula is C12H9BrN2O4. The number of aromatic nitrogens is 1. The molecule has 0 aliphatic carbocycles. The number of aryl methyl sites for hydroxylation is 1. The van der Waals surface area contributed by atoms with Crippen LogP contribution in [0.1, 0.15) is 26.6 Å². The van der Waals surface area contributed by atoms with Gasteiger partial charge in [-0.2, -0.15) is 0 Å². The summed E-state index contributed by atoms with van der Waals surface area (Å²) in [6, 6.07) is 5.82. The van der Waals surface area contributed by atoms with Gasteiger partial charge in [-0.05, 0) is 41.1 Å². The molecule has 2 N–H and O–H groups in total. The molecule has 7 heteroatoms. The molecule has 0 aliphatic rings. The Morgan fingerprint density at radius 2 is 2.11 bits per heavy atom. The highest BCUT2D eigenvalue weighted by atomic mass is 79.9. The van der Waals surface area contributed by atoms with Crippen molar-refractivity contribution in [1.29, 1.82) is 0 Å². The van der Waals surface area contributed by atoms with Crippen LogP contribution in [0.2, 0.25) is 0 Å². The number of amides is 1. The Hall–Kier alpha value is -2.15. The first-order valence-corrected chi connectivity index (χ1v) is 6.04. The number of halogens is 1. The van der Waals surface area contributed by atoms with E-state index in [0.29, 0.717) is 15.9 Å². The van der Waals surface area contributed by atoms with Crippen molar-refractivity contribution >= 4 is 33.5 Å². The zero-order chi connectivity index (χ0) is 14.0. The molecule has 0 aliphatic heterocycles. The first-order valence-electron chi connectivity index (χ1n) is 5.25. The highest BCUT2D eigenvalue weighted by Crippen LogP contribution is 2.24. The predicted octanol–water partition coefficient (Wildman–Crippen LogP) is 2.70. The molecule has 19 heavy (non-hydrogen) atoms. The third-order valence-electron chi connectivity index (χ3n) is 2.32. The number of rotatable bonds is 3. The van der Waals surface area contributed by atoms with E-state index >= 15 is 0 Å². The van der Waals surface area contributed by atoms with Crippen LogP contribution in [0.5, 0.6) is 0 Å². The van der Waals surface area contributed by atoms with Crippen LogP contribution in [0.3, 0.4) is 0 Å². The van der Waals surface area contributed by atoms with Gasteiger partial charge in [-0.25, -0.2) is 4.79 Å². The summed E-state index contributed by atoms with van der Waals surface area (Å²) in [7, 11) is 0. The molecule has 6 nitrogen and oxygen atoms in total. The van der Waals surface area contributed by atoms with E-state index in [4.69, 9.17) is 9.63 Å². The normalized spacial score (nSPS) is 10.2. The Labute approximate surface area is 116 Å². The SMILES string of the molecule is Cc1cc(C(=O)Nc2ccc(C(=O)O)cc2Br)no1. The number of nitrogens with zero attached hydrogens (tertiary/aromatic N) is 1. The van der Waals surface area contributed by atoms with Gasteiger partial charge in [0.2, 0.25) is 0 Å². The van der Waals surface area contributed by atoms with Crippen molar-refractivity contribution in [2.75, 3.05) is 5.32 Å². The van der Waals surface area contributed by atoms with Crippen LogP contribution in [0, 0.1) is 6.92 Å². The molecule has 0 unspecified atom stereocenters. The van der Waals surface area contributed by atoms with E-state index < -0.39 is 11.9 Å². The minimum atomic E-state index is -1.04. The van der Waals surface area contributed by atoms with E-state index in [1.54, 1.807) is 6.92 Å². The number of aromatic carboxylic acids is 1. The summed E-state index contributed by atoms with van der Waals surface area (Å²) < 4.78 is 5.28. The molecule has 2 rings (SSSR count). The van der Waals surface area contributed by atoms with E-state index in [2.05, 4.69) is 26.4 Å². The fourth-order valence-electron chi connectivity index (χ4n) is 1.41. The van der Waals surface area contributed by atoms with Crippen molar-refractivity contribution in [2.24, 2.45) is 0 Å². The summed E-state index contributed by atoms with van der Waals surface area (Å²) in [6.45, 7) is 1.68. The molecule has 0 saturated heterocycles. The van der Waals surface area contributed by atoms with Crippen LogP contribution in [-0.2, 0) is 0 Å². The number of carboxylic acid groups (broad SMARTS) is 1. The zero-order valence-electron chi connectivity index (χ0n) is 9.81. The van der Waals surface area contributed by atoms with Gasteiger partial charge in [-0.3, -0.25) is 4.79 Å². The van der Waals surface area contributed by atoms with Crippen LogP contribution < -0.4 is 5.32 Å². The van der Waals surface area contributed by atoms with Crippen LogP contribution in [0.25, 0.3) is 0 Å². The smallest absolute Gasteiger partial charge is 0.335 e. The van der Waals surface area contributed by atoms with E-state index in [1.165, 1.54) is 24.3 Å². The van der Waals surface area contributed by atoms with Gasteiger partial charge in [0.05, 0.1) is 11.3 Å². The summed E-state index contributed by atoms with van der Waals surface area (Å²) in [5.41, 5.74) is 0.740. The average molecular weight is 325 g/mol. The first kappa shape index (κ1) is 13.3. The van der Waals surface area contributed by atoms with E-state index in [0.717, 1.165) is 0 Å². The molecular weight excluding hydrogens is 316 g/mol. The number of carbonyl (C=O) groups is 2. The number of nitrogens with one attached hydrogen (secondary N) is 1. The second kappa shape index (κ2) is 5.23. The Morgan fingerprint density at radius 3 is 2.63 bits per heavy atom. The van der Waals surface area contributed by atoms with Crippen molar-refractivity contribution in [3.8, 4) is 0 Å². The van der Waals surface area contributed by atoms with Gasteiger partial charge in [0.25, 0.3) is 5.91 Å². The molecule has 0 radical (unpaired) electrons. The van der Waals surface area contributed by atoms with Gasteiger partial charge in [-0.15, -0.1) is 0 Å². The maximum Gasteiger partial charge on any atom is 0.335 e. The van der Waals surface area contributed by atoms with Gasteiger partial charge in [0, 0.05) is 10.5 Å². The maximum absolute atomic E-state index is 11.8. The van der Waals surface area contributed by atoms with E-state index in [-0.39, 0.29) is 11.3 Å². The highest BCUT2D eigenvalue weighted by molar-refractivity contribution is 9.10. The van der Waals surface area contributed by atoms with Crippen LogP contribution in [0.15, 0.2) is 33.3 Å². The Morgan fingerprint density at radius 1 is 1.37 bits per heavy atom. The molecule has 1 aromatic heterocycles. The van der Waals surface area contributed by atoms with Gasteiger partial charge in [-0.1, -0.05) is 5.16 Å². The number of carboxylic acids is 1. The summed E-state index contributed by atoms with van der Waals surface area (Å²) in [5, 5.41) is 15.0. The average Bonchev–Trinajstić information content (AvgIpc) is 2.78. The van der Waals surface area contributed by atoms with Crippen molar-refractivity contribution in [2.45, 2.75) is 6.92 Å². The molecule has 0 atom stereocenters. The predicted molar refractivity (Wildman–Crippen MR) is 70.3 cm³/mol. The van der Waals surface area contributed by atoms with Crippen molar-refractivity contribution in [3.05, 3.63) is 45.8 Å². The van der Waals surface area contributed by atoms with E-state index in [9.17, 15) is 9.59 Å². The fraction of sp³-hybridized carbons (Fsp3) is 0.0833. The monoisotopic (exact) mass is 324 g/mol. The molecule has 0 bridgehead atoms. The maximum atomic E-state index is 11.8. The topological polar surface area (TPSA) is 92.4 Å². The Kier molecular flexibility index (Phi) is 3.66. The number of hydrogen-bond donors (Lipinski definition) is 2. The third-order valence-corrected chi connectivity index (χ3v) is 2.98. The number of anilines is 1. The second-order valence-corrected chi connectivity index (χ2v) is 4.63. The summed E-state index contributed by atoms with van der Waals surface area (Å²) in [6.07, 6.45) is 0. The van der Waals surface area contributed by atoms with Gasteiger partial charge in [0.15, 0.2) is 5.69 Å². The second-order valence-electron chi connectivity index (χ2n) is 3.78. The zero-order valence-corrected chi connectivity index (χ0v) is 11.4. The van der Waals surface area contributed by atoms with Gasteiger partial charge >= 0.3 is 5.97 Å². The lowest BCUT2D eigenvalue weighted by Crippen LogP contribution is -2.12. The van der Waals surface area contributed by atoms with Gasteiger partial charge in [0.1, 0.15) is 5.76 Å². The first-order chi connectivity index (χ1) is 8.97. The molecule has 1 aromatic carbocycles. The van der Waals surface area contributed by atoms with Gasteiger partial charge < -0.3 is 14.9 Å². The standard InChI is InChI=1S/C12H9BrN2O4/c1-6-4-10(15-19-6)11(16)14-9-3-2-7(12(17)18)5-8(9)13/h2-5H,1H3,(H,14,16)(H,17,18). The largest absolute Gasteiger partial charge is 0.478 e. The molecule has 2 aromatic rings. The molecule has 0 fully saturated rings. The van der Waals surface area contributed by atoms with Crippen LogP contribution in [0.4, 0.5) is 5.69 Å². The van der Waals surface area contributed by atoms with Crippen molar-refractivity contribution < 1.29 is 19.2 Å². The summed E-state index contributed by atoms with van der Waals surface area (Å²) in [4.78, 5) is 22.6. The fourth-order valence-corrected chi connectivity index (χ4v) is 1.89. The number of benzene rings is 1. The summed E-state index contributed by atoms with van der Waals surface area (Å²) >= 11 is 3.20. The van der Waals surface area contributed by atoms with Crippen molar-refractivity contribution in [3.63, 3.8) is 0 Å². The molecule has 0 spiro atoms. The van der Waals surface area contributed by atoms with E-state index in [1.807, 2.05) is 0 Å². The number of carbonyl (C=O) groups excluding carboxylic acids is 1. The quantitative estimate of drug-likeness (QED) is 0.905. The lowest BCUT2D eigenvalue weighted by atomic mass is 10.2. The van der Waals surface area contributed by atoms with Crippen LogP contribution >= 0.6 is 15.9 Å².